The van der Waals surface area contributed by atoms with Gasteiger partial charge in [0.25, 0.3) is 0 Å². The fourth-order valence-corrected chi connectivity index (χ4v) is 2.52. The highest BCUT2D eigenvalue weighted by molar-refractivity contribution is 6.30. The molecule has 0 heterocycles. The van der Waals surface area contributed by atoms with Crippen LogP contribution in [0.1, 0.15) is 37.4 Å². The number of hydrogen-bond donors (Lipinski definition) is 1. The fraction of sp³-hybridized carbons (Fsp3) is 0.600. The molecule has 0 fully saturated rings. The van der Waals surface area contributed by atoms with Gasteiger partial charge in [-0.25, -0.2) is 0 Å². The molecule has 3 heteroatoms. The van der Waals surface area contributed by atoms with Crippen LogP contribution in [-0.4, -0.2) is 20.3 Å². The lowest BCUT2D eigenvalue weighted by atomic mass is 9.89. The molecule has 0 amide bonds. The molecule has 0 aliphatic heterocycles. The number of halogens is 1. The van der Waals surface area contributed by atoms with Crippen LogP contribution < -0.4 is 5.32 Å². The molecule has 1 aromatic rings. The Morgan fingerprint density at radius 1 is 1.39 bits per heavy atom. The van der Waals surface area contributed by atoms with Crippen LogP contribution >= 0.6 is 11.6 Å². The predicted octanol–water partition coefficient (Wildman–Crippen LogP) is 3.97. The van der Waals surface area contributed by atoms with Crippen LogP contribution in [0.15, 0.2) is 18.2 Å². The molecular weight excluding hydrogens is 246 g/mol. The Labute approximate surface area is 116 Å². The van der Waals surface area contributed by atoms with E-state index in [1.165, 1.54) is 11.1 Å². The zero-order valence-corrected chi connectivity index (χ0v) is 12.6. The van der Waals surface area contributed by atoms with Gasteiger partial charge >= 0.3 is 0 Å². The third-order valence-corrected chi connectivity index (χ3v) is 3.57. The second kappa shape index (κ2) is 7.78. The molecule has 2 unspecified atom stereocenters. The first-order valence-electron chi connectivity index (χ1n) is 6.58. The molecule has 0 radical (unpaired) electrons. The average Bonchev–Trinajstić information content (AvgIpc) is 2.34. The van der Waals surface area contributed by atoms with Gasteiger partial charge in [0.2, 0.25) is 0 Å². The lowest BCUT2D eigenvalue weighted by Gasteiger charge is -2.26. The van der Waals surface area contributed by atoms with E-state index in [1.807, 2.05) is 12.1 Å². The zero-order valence-electron chi connectivity index (χ0n) is 11.8. The molecule has 1 rings (SSSR count). The van der Waals surface area contributed by atoms with E-state index in [0.29, 0.717) is 12.0 Å². The highest BCUT2D eigenvalue weighted by Gasteiger charge is 2.19. The second-order valence-corrected chi connectivity index (χ2v) is 5.23. The molecule has 0 aliphatic carbocycles. The van der Waals surface area contributed by atoms with Gasteiger partial charge in [0.05, 0.1) is 0 Å². The van der Waals surface area contributed by atoms with Crippen molar-refractivity contribution in [3.8, 4) is 0 Å². The minimum absolute atomic E-state index is 0.363. The van der Waals surface area contributed by atoms with E-state index in [1.54, 1.807) is 7.11 Å². The quantitative estimate of drug-likeness (QED) is 0.809. The number of ether oxygens (including phenoxy) is 1. The van der Waals surface area contributed by atoms with Gasteiger partial charge < -0.3 is 10.1 Å². The van der Waals surface area contributed by atoms with E-state index in [9.17, 15) is 0 Å². The Morgan fingerprint density at radius 2 is 2.11 bits per heavy atom. The highest BCUT2D eigenvalue weighted by Crippen LogP contribution is 2.28. The van der Waals surface area contributed by atoms with Gasteiger partial charge in [-0.05, 0) is 49.1 Å². The van der Waals surface area contributed by atoms with Gasteiger partial charge in [-0.1, -0.05) is 31.5 Å². The van der Waals surface area contributed by atoms with Gasteiger partial charge in [-0.3, -0.25) is 0 Å². The van der Waals surface area contributed by atoms with Crippen LogP contribution in [0.25, 0.3) is 0 Å². The molecule has 0 aromatic heterocycles. The number of rotatable bonds is 7. The summed E-state index contributed by atoms with van der Waals surface area (Å²) in [6.07, 6.45) is 1.05. The molecule has 1 N–H and O–H groups in total. The topological polar surface area (TPSA) is 21.3 Å². The van der Waals surface area contributed by atoms with E-state index in [-0.39, 0.29) is 0 Å². The van der Waals surface area contributed by atoms with Crippen molar-refractivity contribution in [3.05, 3.63) is 34.3 Å². The Morgan fingerprint density at radius 3 is 2.67 bits per heavy atom. The lowest BCUT2D eigenvalue weighted by Crippen LogP contribution is -2.28. The fourth-order valence-electron chi connectivity index (χ4n) is 2.30. The molecule has 0 spiro atoms. The summed E-state index contributed by atoms with van der Waals surface area (Å²) in [7, 11) is 1.75. The molecule has 1 aromatic carbocycles. The van der Waals surface area contributed by atoms with Crippen molar-refractivity contribution >= 4 is 11.6 Å². The predicted molar refractivity (Wildman–Crippen MR) is 78.3 cm³/mol. The summed E-state index contributed by atoms with van der Waals surface area (Å²) in [4.78, 5) is 0. The monoisotopic (exact) mass is 269 g/mol. The van der Waals surface area contributed by atoms with Crippen molar-refractivity contribution in [2.24, 2.45) is 5.92 Å². The van der Waals surface area contributed by atoms with E-state index < -0.39 is 0 Å². The Balaban J connectivity index is 2.88. The highest BCUT2D eigenvalue weighted by atomic mass is 35.5. The molecule has 102 valence electrons. The summed E-state index contributed by atoms with van der Waals surface area (Å²) in [6, 6.07) is 6.50. The number of nitrogens with one attached hydrogen (secondary N) is 1. The van der Waals surface area contributed by atoms with Gasteiger partial charge in [-0.2, -0.15) is 0 Å². The molecule has 0 aliphatic rings. The van der Waals surface area contributed by atoms with Crippen LogP contribution in [0, 0.1) is 12.8 Å². The van der Waals surface area contributed by atoms with Crippen LogP contribution in [0.4, 0.5) is 0 Å². The Bertz CT molecular complexity index is 368. The number of benzene rings is 1. The van der Waals surface area contributed by atoms with E-state index in [0.717, 1.165) is 24.6 Å². The van der Waals surface area contributed by atoms with E-state index in [2.05, 4.69) is 32.2 Å². The van der Waals surface area contributed by atoms with Crippen molar-refractivity contribution in [2.45, 2.75) is 33.2 Å². The molecule has 2 atom stereocenters. The number of aryl methyl sites for hydroxylation is 1. The standard InChI is InChI=1S/C15H24ClNO/c1-5-17-15(11(2)8-9-18-4)14-7-6-13(16)10-12(14)3/h6-7,10-11,15,17H,5,8-9H2,1-4H3. The summed E-state index contributed by atoms with van der Waals surface area (Å²) in [5, 5.41) is 4.37. The minimum atomic E-state index is 0.363. The molecular formula is C15H24ClNO. The Hall–Kier alpha value is -0.570. The molecule has 0 saturated carbocycles. The van der Waals surface area contributed by atoms with Gasteiger partial charge in [-0.15, -0.1) is 0 Å². The zero-order chi connectivity index (χ0) is 13.5. The average molecular weight is 270 g/mol. The van der Waals surface area contributed by atoms with Crippen LogP contribution in [0.2, 0.25) is 5.02 Å². The maximum atomic E-state index is 6.02. The van der Waals surface area contributed by atoms with E-state index in [4.69, 9.17) is 16.3 Å². The first-order chi connectivity index (χ1) is 8.60. The maximum Gasteiger partial charge on any atom is 0.0465 e. The molecule has 0 saturated heterocycles. The van der Waals surface area contributed by atoms with Crippen LogP contribution in [-0.2, 0) is 4.74 Å². The van der Waals surface area contributed by atoms with Crippen molar-refractivity contribution in [3.63, 3.8) is 0 Å². The third kappa shape index (κ3) is 4.27. The van der Waals surface area contributed by atoms with Crippen molar-refractivity contribution in [1.82, 2.24) is 5.32 Å². The summed E-state index contributed by atoms with van der Waals surface area (Å²) >= 11 is 6.02. The van der Waals surface area contributed by atoms with Crippen LogP contribution in [0.5, 0.6) is 0 Å². The maximum absolute atomic E-state index is 6.02. The third-order valence-electron chi connectivity index (χ3n) is 3.34. The van der Waals surface area contributed by atoms with Crippen molar-refractivity contribution in [2.75, 3.05) is 20.3 Å². The first kappa shape index (κ1) is 15.5. The molecule has 2 nitrogen and oxygen atoms in total. The van der Waals surface area contributed by atoms with Crippen LogP contribution in [0.3, 0.4) is 0 Å². The first-order valence-corrected chi connectivity index (χ1v) is 6.96. The van der Waals surface area contributed by atoms with E-state index >= 15 is 0 Å². The van der Waals surface area contributed by atoms with Crippen molar-refractivity contribution in [1.29, 1.82) is 0 Å². The van der Waals surface area contributed by atoms with Crippen molar-refractivity contribution < 1.29 is 4.74 Å². The number of methoxy groups -OCH3 is 1. The number of hydrogen-bond acceptors (Lipinski definition) is 2. The normalized spacial score (nSPS) is 14.5. The molecule has 0 bridgehead atoms. The van der Waals surface area contributed by atoms with Gasteiger partial charge in [0.15, 0.2) is 0 Å². The SMILES string of the molecule is CCNC(c1ccc(Cl)cc1C)C(C)CCOC. The van der Waals surface area contributed by atoms with Gasteiger partial charge in [0.1, 0.15) is 0 Å². The summed E-state index contributed by atoms with van der Waals surface area (Å²) in [5.41, 5.74) is 2.59. The Kier molecular flexibility index (Phi) is 6.69. The summed E-state index contributed by atoms with van der Waals surface area (Å²) in [5.74, 6) is 0.532. The van der Waals surface area contributed by atoms with Gasteiger partial charge in [0, 0.05) is 24.8 Å². The summed E-state index contributed by atoms with van der Waals surface area (Å²) < 4.78 is 5.18. The smallest absolute Gasteiger partial charge is 0.0465 e. The molecule has 18 heavy (non-hydrogen) atoms. The largest absolute Gasteiger partial charge is 0.385 e. The minimum Gasteiger partial charge on any atom is -0.385 e. The second-order valence-electron chi connectivity index (χ2n) is 4.80. The summed E-state index contributed by atoms with van der Waals surface area (Å²) in [6.45, 7) is 8.29. The lowest BCUT2D eigenvalue weighted by molar-refractivity contribution is 0.170.